The van der Waals surface area contributed by atoms with Crippen LogP contribution in [0, 0.1) is 11.3 Å². The number of alkyl halides is 1. The molecule has 1 atom stereocenters. The van der Waals surface area contributed by atoms with E-state index in [0.717, 1.165) is 27.7 Å². The highest BCUT2D eigenvalue weighted by Gasteiger charge is 2.35. The van der Waals surface area contributed by atoms with Gasteiger partial charge in [-0.05, 0) is 47.9 Å². The van der Waals surface area contributed by atoms with Crippen molar-refractivity contribution >= 4 is 28.6 Å². The lowest BCUT2D eigenvalue weighted by molar-refractivity contribution is 0.0837. The van der Waals surface area contributed by atoms with Crippen molar-refractivity contribution in [3.8, 4) is 11.8 Å². The number of aromatic nitrogens is 1. The van der Waals surface area contributed by atoms with Gasteiger partial charge in [0.15, 0.2) is 6.61 Å². The molecule has 0 spiro atoms. The number of carbonyl (C=O) groups excluding carboxylic acids is 1. The van der Waals surface area contributed by atoms with Gasteiger partial charge in [-0.15, -0.1) is 0 Å². The fraction of sp³-hybridized carbons (Fsp3) is 0.273. The van der Waals surface area contributed by atoms with Crippen LogP contribution in [0.4, 0.5) is 9.18 Å². The number of hydrogen-bond acceptors (Lipinski definition) is 4. The van der Waals surface area contributed by atoms with Crippen LogP contribution < -0.4 is 4.74 Å². The normalized spacial score (nSPS) is 15.5. The highest BCUT2D eigenvalue weighted by atomic mass is 35.5. The number of halogens is 2. The lowest BCUT2D eigenvalue weighted by Crippen LogP contribution is -2.41. The summed E-state index contributed by atoms with van der Waals surface area (Å²) in [7, 11) is 0. The summed E-state index contributed by atoms with van der Waals surface area (Å²) in [5.74, 6) is 0.561. The molecule has 1 unspecified atom stereocenters. The van der Waals surface area contributed by atoms with Crippen molar-refractivity contribution in [3.63, 3.8) is 0 Å². The van der Waals surface area contributed by atoms with Crippen LogP contribution in [0.3, 0.4) is 0 Å². The number of hydrogen-bond donors (Lipinski definition) is 1. The molecule has 1 amide bonds. The fourth-order valence-electron chi connectivity index (χ4n) is 3.87. The number of nitrogens with zero attached hydrogens (tertiary/aromatic N) is 2. The second-order valence-corrected chi connectivity index (χ2v) is 7.31. The smallest absolute Gasteiger partial charge is 0.410 e. The summed E-state index contributed by atoms with van der Waals surface area (Å²) in [5.41, 5.74) is 3.75. The third kappa shape index (κ3) is 3.79. The van der Waals surface area contributed by atoms with E-state index < -0.39 is 18.8 Å². The van der Waals surface area contributed by atoms with Crippen LogP contribution >= 0.6 is 11.6 Å². The number of nitriles is 1. The lowest BCUT2D eigenvalue weighted by Gasteiger charge is -2.35. The number of H-pyrrole nitrogens is 1. The van der Waals surface area contributed by atoms with E-state index >= 15 is 0 Å². The van der Waals surface area contributed by atoms with Crippen molar-refractivity contribution in [2.45, 2.75) is 12.5 Å². The van der Waals surface area contributed by atoms with E-state index in [9.17, 15) is 9.18 Å². The maximum Gasteiger partial charge on any atom is 0.410 e. The molecule has 0 radical (unpaired) electrons. The predicted octanol–water partition coefficient (Wildman–Crippen LogP) is 4.78. The Morgan fingerprint density at radius 1 is 1.30 bits per heavy atom. The van der Waals surface area contributed by atoms with Gasteiger partial charge in [-0.1, -0.05) is 23.7 Å². The summed E-state index contributed by atoms with van der Waals surface area (Å²) >= 11 is 6.20. The van der Waals surface area contributed by atoms with E-state index in [1.807, 2.05) is 36.4 Å². The van der Waals surface area contributed by atoms with Gasteiger partial charge in [0.1, 0.15) is 31.1 Å². The molecule has 1 aliphatic heterocycles. The van der Waals surface area contributed by atoms with E-state index in [1.54, 1.807) is 17.0 Å². The van der Waals surface area contributed by atoms with Gasteiger partial charge in [-0.3, -0.25) is 4.90 Å². The molecule has 0 saturated heterocycles. The number of ether oxygens (including phenoxy) is 2. The highest BCUT2D eigenvalue weighted by Crippen LogP contribution is 2.39. The molecule has 154 valence electrons. The third-order valence-corrected chi connectivity index (χ3v) is 5.36. The maximum absolute atomic E-state index is 12.7. The van der Waals surface area contributed by atoms with Crippen LogP contribution in [0.5, 0.6) is 5.75 Å². The minimum absolute atomic E-state index is 0.0443. The van der Waals surface area contributed by atoms with E-state index in [4.69, 9.17) is 26.3 Å². The summed E-state index contributed by atoms with van der Waals surface area (Å²) in [6.45, 7) is -0.629. The lowest BCUT2D eigenvalue weighted by atomic mass is 9.92. The van der Waals surface area contributed by atoms with Crippen molar-refractivity contribution in [1.29, 1.82) is 5.26 Å². The molecule has 0 fully saturated rings. The maximum atomic E-state index is 12.7. The first-order valence-corrected chi connectivity index (χ1v) is 9.89. The molecule has 30 heavy (non-hydrogen) atoms. The van der Waals surface area contributed by atoms with Crippen molar-refractivity contribution in [3.05, 3.63) is 64.3 Å². The monoisotopic (exact) mass is 427 g/mol. The summed E-state index contributed by atoms with van der Waals surface area (Å²) in [6, 6.07) is 14.3. The first-order chi connectivity index (χ1) is 14.6. The predicted molar refractivity (Wildman–Crippen MR) is 110 cm³/mol. The molecule has 1 aliphatic rings. The first-order valence-electron chi connectivity index (χ1n) is 9.51. The Morgan fingerprint density at radius 3 is 2.83 bits per heavy atom. The SMILES string of the molecule is N#CCOc1ccc(C2c3[nH]c4ccc(Cl)cc4c3CCN2C(=O)OCCF)cc1. The zero-order valence-electron chi connectivity index (χ0n) is 16.0. The molecule has 1 N–H and O–H groups in total. The fourth-order valence-corrected chi connectivity index (χ4v) is 4.05. The number of amides is 1. The number of aromatic amines is 1. The summed E-state index contributed by atoms with van der Waals surface area (Å²) in [6.07, 6.45) is 0.0603. The Labute approximate surface area is 177 Å². The molecule has 3 aromatic rings. The molecular formula is C22H19ClFN3O3. The standard InChI is InChI=1S/C22H19ClFN3O3/c23-15-3-6-19-18(13-15)17-7-10-27(22(28)30-11-8-24)21(20(17)26-19)14-1-4-16(5-2-14)29-12-9-25/h1-6,13,21,26H,7-8,10-12H2. The van der Waals surface area contributed by atoms with Gasteiger partial charge >= 0.3 is 6.09 Å². The van der Waals surface area contributed by atoms with Gasteiger partial charge in [0, 0.05) is 28.2 Å². The summed E-state index contributed by atoms with van der Waals surface area (Å²) < 4.78 is 23.0. The number of carbonyl (C=O) groups is 1. The average Bonchev–Trinajstić information content (AvgIpc) is 3.13. The Balaban J connectivity index is 1.76. The molecule has 0 saturated carbocycles. The Hall–Kier alpha value is -3.24. The Kier molecular flexibility index (Phi) is 5.77. The third-order valence-electron chi connectivity index (χ3n) is 5.13. The Bertz CT molecular complexity index is 1110. The van der Waals surface area contributed by atoms with Gasteiger partial charge < -0.3 is 14.5 Å². The minimum atomic E-state index is -0.731. The summed E-state index contributed by atoms with van der Waals surface area (Å²) in [4.78, 5) is 17.7. The number of rotatable bonds is 5. The van der Waals surface area contributed by atoms with Gasteiger partial charge in [-0.25, -0.2) is 9.18 Å². The minimum Gasteiger partial charge on any atom is -0.479 e. The first kappa shape index (κ1) is 20.0. The van der Waals surface area contributed by atoms with Gasteiger partial charge in [0.25, 0.3) is 0 Å². The van der Waals surface area contributed by atoms with Crippen LogP contribution in [0.15, 0.2) is 42.5 Å². The number of benzene rings is 2. The zero-order chi connectivity index (χ0) is 21.1. The molecule has 1 aromatic heterocycles. The van der Waals surface area contributed by atoms with Gasteiger partial charge in [0.05, 0.1) is 0 Å². The topological polar surface area (TPSA) is 78.4 Å². The van der Waals surface area contributed by atoms with E-state index in [1.165, 1.54) is 0 Å². The quantitative estimate of drug-likeness (QED) is 0.635. The molecule has 4 rings (SSSR count). The molecule has 8 heteroatoms. The van der Waals surface area contributed by atoms with Crippen molar-refractivity contribution in [2.24, 2.45) is 0 Å². The zero-order valence-corrected chi connectivity index (χ0v) is 16.8. The van der Waals surface area contributed by atoms with Gasteiger partial charge in [0.2, 0.25) is 0 Å². The van der Waals surface area contributed by atoms with E-state index in [-0.39, 0.29) is 13.2 Å². The van der Waals surface area contributed by atoms with Crippen molar-refractivity contribution in [2.75, 3.05) is 26.4 Å². The molecule has 6 nitrogen and oxygen atoms in total. The highest BCUT2D eigenvalue weighted by molar-refractivity contribution is 6.31. The summed E-state index contributed by atoms with van der Waals surface area (Å²) in [5, 5.41) is 10.3. The Morgan fingerprint density at radius 2 is 2.10 bits per heavy atom. The largest absolute Gasteiger partial charge is 0.479 e. The van der Waals surface area contributed by atoms with Crippen LogP contribution in [0.2, 0.25) is 5.02 Å². The average molecular weight is 428 g/mol. The second-order valence-electron chi connectivity index (χ2n) is 6.87. The van der Waals surface area contributed by atoms with Crippen LogP contribution in [-0.4, -0.2) is 42.4 Å². The molecule has 2 heterocycles. The molecule has 2 aromatic carbocycles. The van der Waals surface area contributed by atoms with Crippen LogP contribution in [0.25, 0.3) is 10.9 Å². The van der Waals surface area contributed by atoms with Gasteiger partial charge in [-0.2, -0.15) is 5.26 Å². The van der Waals surface area contributed by atoms with E-state index in [0.29, 0.717) is 23.7 Å². The molecule has 0 bridgehead atoms. The van der Waals surface area contributed by atoms with Crippen molar-refractivity contribution < 1.29 is 18.7 Å². The van der Waals surface area contributed by atoms with Crippen LogP contribution in [-0.2, 0) is 11.2 Å². The van der Waals surface area contributed by atoms with E-state index in [2.05, 4.69) is 4.98 Å². The van der Waals surface area contributed by atoms with Crippen LogP contribution in [0.1, 0.15) is 22.9 Å². The number of nitrogens with one attached hydrogen (secondary N) is 1. The van der Waals surface area contributed by atoms with Crippen molar-refractivity contribution in [1.82, 2.24) is 9.88 Å². The molecule has 0 aliphatic carbocycles. The second kappa shape index (κ2) is 8.64. The number of fused-ring (bicyclic) bond motifs is 3. The molecular weight excluding hydrogens is 409 g/mol.